The summed E-state index contributed by atoms with van der Waals surface area (Å²) >= 11 is -2.41. The van der Waals surface area contributed by atoms with Crippen molar-refractivity contribution in [2.24, 2.45) is 0 Å². The Balaban J connectivity index is 1.97. The fourth-order valence-corrected chi connectivity index (χ4v) is 3.38. The standard InChI is InChI=1S/C17H18N2O6S/c20-16-11-14(4-5-15(16)17(21)22)19(26(23)24)13-3-1-2-12(10-13)18-6-8-25-9-7-18/h1-5,10-11,20H,6-9H2,(H,21,22)(H,23,24). The number of hydrogen-bond donors (Lipinski definition) is 3. The van der Waals surface area contributed by atoms with Gasteiger partial charge in [-0.2, -0.15) is 0 Å². The fraction of sp³-hybridized carbons (Fsp3) is 0.235. The summed E-state index contributed by atoms with van der Waals surface area (Å²) in [5, 5.41) is 18.9. The number of carboxylic acids is 1. The molecular formula is C17H18N2O6S. The van der Waals surface area contributed by atoms with Gasteiger partial charge in [-0.05, 0) is 30.3 Å². The molecule has 1 aliphatic rings. The van der Waals surface area contributed by atoms with Gasteiger partial charge in [-0.15, -0.1) is 0 Å². The van der Waals surface area contributed by atoms with Gasteiger partial charge in [0.15, 0.2) is 0 Å². The summed E-state index contributed by atoms with van der Waals surface area (Å²) in [7, 11) is 0. The van der Waals surface area contributed by atoms with Crippen molar-refractivity contribution in [2.75, 3.05) is 35.5 Å². The number of ether oxygens (including phenoxy) is 1. The molecule has 2 aromatic rings. The minimum Gasteiger partial charge on any atom is -0.507 e. The van der Waals surface area contributed by atoms with E-state index in [1.807, 2.05) is 6.07 Å². The first-order valence-corrected chi connectivity index (χ1v) is 8.94. The monoisotopic (exact) mass is 378 g/mol. The molecule has 0 radical (unpaired) electrons. The van der Waals surface area contributed by atoms with E-state index in [0.29, 0.717) is 18.9 Å². The summed E-state index contributed by atoms with van der Waals surface area (Å²) in [4.78, 5) is 13.1. The Morgan fingerprint density at radius 1 is 1.12 bits per heavy atom. The first-order valence-electron chi connectivity index (χ1n) is 7.87. The van der Waals surface area contributed by atoms with Crippen LogP contribution in [-0.2, 0) is 16.0 Å². The maximum Gasteiger partial charge on any atom is 0.339 e. The van der Waals surface area contributed by atoms with Crippen LogP contribution in [-0.4, -0.2) is 51.2 Å². The van der Waals surface area contributed by atoms with Gasteiger partial charge in [-0.3, -0.25) is 4.55 Å². The molecule has 0 bridgehead atoms. The number of hydrogen-bond acceptors (Lipinski definition) is 5. The normalized spacial score (nSPS) is 15.5. The number of nitrogens with zero attached hydrogens (tertiary/aromatic N) is 2. The van der Waals surface area contributed by atoms with E-state index in [9.17, 15) is 18.7 Å². The van der Waals surface area contributed by atoms with E-state index < -0.39 is 23.0 Å². The van der Waals surface area contributed by atoms with Crippen LogP contribution in [0.3, 0.4) is 0 Å². The second-order valence-corrected chi connectivity index (χ2v) is 6.48. The molecule has 1 aliphatic heterocycles. The second kappa shape index (κ2) is 7.73. The number of aromatic carboxylic acids is 1. The van der Waals surface area contributed by atoms with Crippen LogP contribution < -0.4 is 9.21 Å². The number of aromatic hydroxyl groups is 1. The molecule has 1 unspecified atom stereocenters. The Morgan fingerprint density at radius 3 is 2.42 bits per heavy atom. The Hall–Kier alpha value is -2.62. The van der Waals surface area contributed by atoms with Gasteiger partial charge in [0.2, 0.25) is 0 Å². The van der Waals surface area contributed by atoms with E-state index in [0.717, 1.165) is 29.1 Å². The Morgan fingerprint density at radius 2 is 1.81 bits per heavy atom. The molecule has 0 amide bonds. The van der Waals surface area contributed by atoms with Crippen LogP contribution in [0.25, 0.3) is 0 Å². The third-order valence-corrected chi connectivity index (χ3v) is 4.78. The topological polar surface area (TPSA) is 111 Å². The van der Waals surface area contributed by atoms with Crippen LogP contribution in [0.15, 0.2) is 42.5 Å². The molecule has 26 heavy (non-hydrogen) atoms. The predicted molar refractivity (Wildman–Crippen MR) is 97.5 cm³/mol. The summed E-state index contributed by atoms with van der Waals surface area (Å²) in [5.41, 5.74) is 1.25. The lowest BCUT2D eigenvalue weighted by molar-refractivity contribution is 0.0693. The van der Waals surface area contributed by atoms with Gasteiger partial charge < -0.3 is 19.8 Å². The molecule has 1 fully saturated rings. The summed E-state index contributed by atoms with van der Waals surface area (Å²) in [5.74, 6) is -1.75. The smallest absolute Gasteiger partial charge is 0.339 e. The van der Waals surface area contributed by atoms with Crippen LogP contribution in [0.5, 0.6) is 5.75 Å². The summed E-state index contributed by atoms with van der Waals surface area (Å²) in [6.07, 6.45) is 0. The highest BCUT2D eigenvalue weighted by molar-refractivity contribution is 7.81. The van der Waals surface area contributed by atoms with E-state index in [4.69, 9.17) is 9.84 Å². The third-order valence-electron chi connectivity index (χ3n) is 4.04. The molecule has 0 saturated carbocycles. The van der Waals surface area contributed by atoms with Crippen LogP contribution in [0.2, 0.25) is 0 Å². The lowest BCUT2D eigenvalue weighted by atomic mass is 10.1. The minimum absolute atomic E-state index is 0.201. The van der Waals surface area contributed by atoms with E-state index in [1.165, 1.54) is 12.1 Å². The minimum atomic E-state index is -2.41. The number of rotatable bonds is 5. The highest BCUT2D eigenvalue weighted by Gasteiger charge is 2.20. The Bertz CT molecular complexity index is 838. The van der Waals surface area contributed by atoms with Crippen molar-refractivity contribution in [3.63, 3.8) is 0 Å². The zero-order valence-electron chi connectivity index (χ0n) is 13.7. The predicted octanol–water partition coefficient (Wildman–Crippen LogP) is 2.20. The molecule has 1 atom stereocenters. The van der Waals surface area contributed by atoms with Gasteiger partial charge in [0, 0.05) is 24.8 Å². The van der Waals surface area contributed by atoms with Crippen molar-refractivity contribution in [1.29, 1.82) is 0 Å². The number of benzene rings is 2. The van der Waals surface area contributed by atoms with Gasteiger partial charge in [-0.1, -0.05) is 6.07 Å². The van der Waals surface area contributed by atoms with E-state index in [-0.39, 0.29) is 11.3 Å². The van der Waals surface area contributed by atoms with Gasteiger partial charge in [-0.25, -0.2) is 13.3 Å². The average Bonchev–Trinajstić information content (AvgIpc) is 2.62. The zero-order valence-corrected chi connectivity index (χ0v) is 14.6. The maximum atomic E-state index is 11.9. The SMILES string of the molecule is O=C(O)c1ccc(N(c2cccc(N3CCOCC3)c2)S(=O)O)cc1O. The molecule has 138 valence electrons. The van der Waals surface area contributed by atoms with Crippen molar-refractivity contribution in [2.45, 2.75) is 0 Å². The van der Waals surface area contributed by atoms with Gasteiger partial charge in [0.05, 0.1) is 24.6 Å². The van der Waals surface area contributed by atoms with Crippen molar-refractivity contribution >= 4 is 34.3 Å². The lowest BCUT2D eigenvalue weighted by Crippen LogP contribution is -2.36. The highest BCUT2D eigenvalue weighted by Crippen LogP contribution is 2.33. The van der Waals surface area contributed by atoms with Crippen LogP contribution in [0, 0.1) is 0 Å². The van der Waals surface area contributed by atoms with E-state index in [2.05, 4.69) is 4.90 Å². The van der Waals surface area contributed by atoms with Gasteiger partial charge >= 0.3 is 5.97 Å². The molecule has 0 spiro atoms. The molecule has 9 heteroatoms. The summed E-state index contributed by atoms with van der Waals surface area (Å²) < 4.78 is 28.1. The Kier molecular flexibility index (Phi) is 5.40. The van der Waals surface area contributed by atoms with Crippen molar-refractivity contribution in [1.82, 2.24) is 0 Å². The second-order valence-electron chi connectivity index (χ2n) is 5.65. The molecule has 0 aromatic heterocycles. The molecule has 3 rings (SSSR count). The molecule has 0 aliphatic carbocycles. The molecule has 2 aromatic carbocycles. The number of morpholine rings is 1. The lowest BCUT2D eigenvalue weighted by Gasteiger charge is -2.30. The van der Waals surface area contributed by atoms with Gasteiger partial charge in [0.1, 0.15) is 11.3 Å². The Labute approximate surface area is 152 Å². The highest BCUT2D eigenvalue weighted by atomic mass is 32.2. The number of carboxylic acid groups (broad SMARTS) is 1. The quantitative estimate of drug-likeness (QED) is 0.684. The first kappa shape index (κ1) is 18.2. The average molecular weight is 378 g/mol. The van der Waals surface area contributed by atoms with Crippen LogP contribution in [0.4, 0.5) is 17.1 Å². The largest absolute Gasteiger partial charge is 0.507 e. The first-order chi connectivity index (χ1) is 12.5. The summed E-state index contributed by atoms with van der Waals surface area (Å²) in [6.45, 7) is 2.67. The van der Waals surface area contributed by atoms with E-state index >= 15 is 0 Å². The van der Waals surface area contributed by atoms with E-state index in [1.54, 1.807) is 18.2 Å². The molecule has 1 heterocycles. The number of carbonyl (C=O) groups is 1. The van der Waals surface area contributed by atoms with Crippen LogP contribution >= 0.6 is 0 Å². The maximum absolute atomic E-state index is 11.9. The zero-order chi connectivity index (χ0) is 18.7. The molecular weight excluding hydrogens is 360 g/mol. The fourth-order valence-electron chi connectivity index (χ4n) is 2.79. The molecule has 3 N–H and O–H groups in total. The number of anilines is 3. The van der Waals surface area contributed by atoms with Crippen LogP contribution in [0.1, 0.15) is 10.4 Å². The van der Waals surface area contributed by atoms with Crippen molar-refractivity contribution in [3.8, 4) is 5.75 Å². The summed E-state index contributed by atoms with van der Waals surface area (Å²) in [6, 6.07) is 10.8. The number of phenols is 1. The van der Waals surface area contributed by atoms with Crippen molar-refractivity contribution in [3.05, 3.63) is 48.0 Å². The third kappa shape index (κ3) is 3.79. The van der Waals surface area contributed by atoms with Gasteiger partial charge in [0.25, 0.3) is 11.3 Å². The van der Waals surface area contributed by atoms with Crippen molar-refractivity contribution < 1.29 is 28.5 Å². The molecule has 8 nitrogen and oxygen atoms in total. The molecule has 1 saturated heterocycles.